The zero-order valence-electron chi connectivity index (χ0n) is 8.89. The predicted octanol–water partition coefficient (Wildman–Crippen LogP) is 2.96. The molecule has 0 amide bonds. The highest BCUT2D eigenvalue weighted by atomic mass is 35.5. The molecule has 0 saturated heterocycles. The number of aromatic hydroxyl groups is 2. The number of carbonyl (C=O) groups is 1. The number of carbonyl (C=O) groups excluding carboxylic acids is 1. The van der Waals surface area contributed by atoms with Crippen LogP contribution in [0.5, 0.6) is 11.5 Å². The van der Waals surface area contributed by atoms with E-state index in [0.29, 0.717) is 5.56 Å². The van der Waals surface area contributed by atoms with E-state index in [1.807, 2.05) is 0 Å². The van der Waals surface area contributed by atoms with Crippen LogP contribution in [-0.4, -0.2) is 16.0 Å². The Bertz CT molecular complexity index is 395. The van der Waals surface area contributed by atoms with Gasteiger partial charge in [0.05, 0.1) is 10.6 Å². The molecule has 4 heteroatoms. The molecule has 1 rings (SSSR count). The quantitative estimate of drug-likeness (QED) is 0.766. The largest absolute Gasteiger partial charge is 0.507 e. The molecule has 0 aliphatic heterocycles. The van der Waals surface area contributed by atoms with E-state index in [0.717, 1.165) is 0 Å². The van der Waals surface area contributed by atoms with Gasteiger partial charge in [-0.1, -0.05) is 18.5 Å². The monoisotopic (exact) mass is 228 g/mol. The van der Waals surface area contributed by atoms with Crippen molar-refractivity contribution in [2.24, 2.45) is 0 Å². The second kappa shape index (κ2) is 4.11. The van der Waals surface area contributed by atoms with Crippen molar-refractivity contribution in [3.05, 3.63) is 21.7 Å². The van der Waals surface area contributed by atoms with Gasteiger partial charge < -0.3 is 10.2 Å². The average Bonchev–Trinajstić information content (AvgIpc) is 2.23. The summed E-state index contributed by atoms with van der Waals surface area (Å²) in [6.45, 7) is 4.84. The first-order valence-corrected chi connectivity index (χ1v) is 5.03. The molecule has 0 saturated carbocycles. The standard InChI is InChI=1S/C11H13ClO3/c1-4-7(13)8-9(12)5(2)10(14)6(3)11(8)15/h14-15H,4H2,1-3H3. The Balaban J connectivity index is 3.60. The summed E-state index contributed by atoms with van der Waals surface area (Å²) in [5, 5.41) is 19.4. The van der Waals surface area contributed by atoms with Crippen LogP contribution in [0.1, 0.15) is 34.8 Å². The maximum atomic E-state index is 11.5. The molecule has 3 nitrogen and oxygen atoms in total. The number of halogens is 1. The fourth-order valence-corrected chi connectivity index (χ4v) is 1.69. The second-order valence-corrected chi connectivity index (χ2v) is 3.79. The number of phenolic OH excluding ortho intramolecular Hbond substituents is 2. The van der Waals surface area contributed by atoms with Gasteiger partial charge in [-0.3, -0.25) is 4.79 Å². The van der Waals surface area contributed by atoms with Gasteiger partial charge in [-0.2, -0.15) is 0 Å². The minimum atomic E-state index is -0.233. The van der Waals surface area contributed by atoms with Gasteiger partial charge in [0, 0.05) is 17.5 Å². The Hall–Kier alpha value is -1.22. The van der Waals surface area contributed by atoms with Gasteiger partial charge in [-0.05, 0) is 13.8 Å². The molecule has 2 N–H and O–H groups in total. The lowest BCUT2D eigenvalue weighted by atomic mass is 9.99. The first kappa shape index (κ1) is 11.9. The van der Waals surface area contributed by atoms with Gasteiger partial charge in [0.2, 0.25) is 0 Å². The molecule has 15 heavy (non-hydrogen) atoms. The molecule has 0 aliphatic rings. The third-order valence-electron chi connectivity index (χ3n) is 2.45. The molecule has 0 heterocycles. The van der Waals surface area contributed by atoms with Crippen LogP contribution >= 0.6 is 11.6 Å². The molecule has 0 aromatic heterocycles. The summed E-state index contributed by atoms with van der Waals surface area (Å²) in [5.41, 5.74) is 0.810. The Morgan fingerprint density at radius 3 is 2.20 bits per heavy atom. The summed E-state index contributed by atoms with van der Waals surface area (Å²) >= 11 is 5.91. The molecule has 0 unspecified atom stereocenters. The van der Waals surface area contributed by atoms with Crippen molar-refractivity contribution in [3.63, 3.8) is 0 Å². The molecular formula is C11H13ClO3. The highest BCUT2D eigenvalue weighted by Crippen LogP contribution is 2.39. The van der Waals surface area contributed by atoms with E-state index in [4.69, 9.17) is 11.6 Å². The second-order valence-electron chi connectivity index (χ2n) is 3.41. The summed E-state index contributed by atoms with van der Waals surface area (Å²) in [7, 11) is 0. The number of hydrogen-bond donors (Lipinski definition) is 2. The van der Waals surface area contributed by atoms with E-state index in [-0.39, 0.29) is 39.9 Å². The molecule has 1 aromatic rings. The van der Waals surface area contributed by atoms with Gasteiger partial charge in [-0.15, -0.1) is 0 Å². The van der Waals surface area contributed by atoms with Crippen molar-refractivity contribution in [1.82, 2.24) is 0 Å². The maximum Gasteiger partial charge on any atom is 0.167 e. The molecule has 82 valence electrons. The summed E-state index contributed by atoms with van der Waals surface area (Å²) in [6.07, 6.45) is 0.261. The molecule has 0 atom stereocenters. The average molecular weight is 229 g/mol. The molecule has 0 spiro atoms. The van der Waals surface area contributed by atoms with Crippen molar-refractivity contribution in [2.45, 2.75) is 27.2 Å². The summed E-state index contributed by atoms with van der Waals surface area (Å²) in [6, 6.07) is 0. The Labute approximate surface area is 93.3 Å². The Kier molecular flexibility index (Phi) is 3.25. The van der Waals surface area contributed by atoms with Crippen molar-refractivity contribution < 1.29 is 15.0 Å². The van der Waals surface area contributed by atoms with Crippen molar-refractivity contribution >= 4 is 17.4 Å². The van der Waals surface area contributed by atoms with E-state index >= 15 is 0 Å². The van der Waals surface area contributed by atoms with Gasteiger partial charge in [0.1, 0.15) is 11.5 Å². The lowest BCUT2D eigenvalue weighted by molar-refractivity contribution is 0.0985. The van der Waals surface area contributed by atoms with Gasteiger partial charge >= 0.3 is 0 Å². The van der Waals surface area contributed by atoms with Crippen LogP contribution in [0, 0.1) is 13.8 Å². The number of phenols is 2. The number of Topliss-reactive ketones (excluding diaryl/α,β-unsaturated/α-hetero) is 1. The smallest absolute Gasteiger partial charge is 0.167 e. The van der Waals surface area contributed by atoms with Crippen molar-refractivity contribution in [2.75, 3.05) is 0 Å². The lowest BCUT2D eigenvalue weighted by Crippen LogP contribution is -2.01. The van der Waals surface area contributed by atoms with Gasteiger partial charge in [0.15, 0.2) is 5.78 Å². The molecule has 0 aliphatic carbocycles. The van der Waals surface area contributed by atoms with E-state index < -0.39 is 0 Å². The highest BCUT2D eigenvalue weighted by molar-refractivity contribution is 6.35. The first-order chi connectivity index (χ1) is 6.91. The van der Waals surface area contributed by atoms with Crippen molar-refractivity contribution in [3.8, 4) is 11.5 Å². The number of hydrogen-bond acceptors (Lipinski definition) is 3. The molecular weight excluding hydrogens is 216 g/mol. The third kappa shape index (κ3) is 1.79. The Morgan fingerprint density at radius 2 is 1.73 bits per heavy atom. The maximum absolute atomic E-state index is 11.5. The fraction of sp³-hybridized carbons (Fsp3) is 0.364. The molecule has 0 radical (unpaired) electrons. The SMILES string of the molecule is CCC(=O)c1c(O)c(C)c(O)c(C)c1Cl. The van der Waals surface area contributed by atoms with E-state index in [1.54, 1.807) is 20.8 Å². The van der Waals surface area contributed by atoms with Crippen LogP contribution in [0.25, 0.3) is 0 Å². The summed E-state index contributed by atoms with van der Waals surface area (Å²) in [4.78, 5) is 11.5. The van der Waals surface area contributed by atoms with Gasteiger partial charge in [-0.25, -0.2) is 0 Å². The molecule has 1 aromatic carbocycles. The van der Waals surface area contributed by atoms with Crippen LogP contribution in [0.3, 0.4) is 0 Å². The van der Waals surface area contributed by atoms with Crippen LogP contribution in [0.2, 0.25) is 5.02 Å². The lowest BCUT2D eigenvalue weighted by Gasteiger charge is -2.12. The van der Waals surface area contributed by atoms with Gasteiger partial charge in [0.25, 0.3) is 0 Å². The fourth-order valence-electron chi connectivity index (χ4n) is 1.41. The predicted molar refractivity (Wildman–Crippen MR) is 58.9 cm³/mol. The van der Waals surface area contributed by atoms with Crippen molar-refractivity contribution in [1.29, 1.82) is 0 Å². The van der Waals surface area contributed by atoms with E-state index in [2.05, 4.69) is 0 Å². The third-order valence-corrected chi connectivity index (χ3v) is 2.92. The number of benzene rings is 1. The summed E-state index contributed by atoms with van der Waals surface area (Å²) in [5.74, 6) is -0.524. The van der Waals surface area contributed by atoms with Crippen LogP contribution in [-0.2, 0) is 0 Å². The van der Waals surface area contributed by atoms with E-state index in [1.165, 1.54) is 0 Å². The zero-order chi connectivity index (χ0) is 11.7. The van der Waals surface area contributed by atoms with Crippen LogP contribution in [0.15, 0.2) is 0 Å². The van der Waals surface area contributed by atoms with E-state index in [9.17, 15) is 15.0 Å². The Morgan fingerprint density at radius 1 is 1.20 bits per heavy atom. The molecule has 0 bridgehead atoms. The minimum absolute atomic E-state index is 0.0647. The topological polar surface area (TPSA) is 57.5 Å². The molecule has 0 fully saturated rings. The number of rotatable bonds is 2. The first-order valence-electron chi connectivity index (χ1n) is 4.65. The normalized spacial score (nSPS) is 10.4. The van der Waals surface area contributed by atoms with Crippen LogP contribution < -0.4 is 0 Å². The summed E-state index contributed by atoms with van der Waals surface area (Å²) < 4.78 is 0. The zero-order valence-corrected chi connectivity index (χ0v) is 9.64. The minimum Gasteiger partial charge on any atom is -0.507 e. The van der Waals surface area contributed by atoms with Crippen LogP contribution in [0.4, 0.5) is 0 Å². The highest BCUT2D eigenvalue weighted by Gasteiger charge is 2.21. The number of ketones is 1.